The quantitative estimate of drug-likeness (QED) is 0.660. The Balaban J connectivity index is 1.59. The average Bonchev–Trinajstić information content (AvgIpc) is 3.06. The van der Waals surface area contributed by atoms with E-state index in [2.05, 4.69) is 15.5 Å². The van der Waals surface area contributed by atoms with Gasteiger partial charge in [0.25, 0.3) is 5.22 Å². The number of carbonyl (C=O) groups is 1. The zero-order valence-electron chi connectivity index (χ0n) is 13.1. The lowest BCUT2D eigenvalue weighted by Gasteiger charge is -2.06. The maximum absolute atomic E-state index is 13.6. The van der Waals surface area contributed by atoms with Crippen molar-refractivity contribution in [2.45, 2.75) is 12.1 Å². The lowest BCUT2D eigenvalue weighted by molar-refractivity contribution is -0.113. The first kappa shape index (κ1) is 17.4. The highest BCUT2D eigenvalue weighted by molar-refractivity contribution is 7.99. The maximum Gasteiger partial charge on any atom is 0.277 e. The molecule has 0 aliphatic rings. The number of nitrogens with one attached hydrogen (secondary N) is 1. The number of hydrogen-bond donors (Lipinski definition) is 1. The molecule has 0 atom stereocenters. The van der Waals surface area contributed by atoms with Gasteiger partial charge in [0, 0.05) is 10.6 Å². The fourth-order valence-corrected chi connectivity index (χ4v) is 2.71. The van der Waals surface area contributed by atoms with Gasteiger partial charge in [-0.25, -0.2) is 4.39 Å². The summed E-state index contributed by atoms with van der Waals surface area (Å²) in [5.74, 6) is -0.480. The maximum atomic E-state index is 13.6. The summed E-state index contributed by atoms with van der Waals surface area (Å²) in [6.07, 6.45) is 0. The van der Waals surface area contributed by atoms with Gasteiger partial charge < -0.3 is 9.73 Å². The number of anilines is 1. The van der Waals surface area contributed by atoms with Crippen LogP contribution in [0.5, 0.6) is 0 Å². The van der Waals surface area contributed by atoms with Crippen LogP contribution in [0.2, 0.25) is 5.02 Å². The first-order valence-corrected chi connectivity index (χ1v) is 8.66. The largest absolute Gasteiger partial charge is 0.411 e. The molecule has 0 saturated carbocycles. The molecule has 0 aliphatic carbocycles. The normalized spacial score (nSPS) is 10.7. The van der Waals surface area contributed by atoms with Crippen molar-refractivity contribution in [1.29, 1.82) is 0 Å². The number of thioether (sulfide) groups is 1. The SMILES string of the molecule is Cc1ccc(F)c(NC(=O)CSc2nnc(-c3ccc(Cl)cc3)o2)c1. The molecule has 3 rings (SSSR count). The highest BCUT2D eigenvalue weighted by Crippen LogP contribution is 2.24. The van der Waals surface area contributed by atoms with Gasteiger partial charge in [-0.2, -0.15) is 0 Å². The fraction of sp³-hybridized carbons (Fsp3) is 0.118. The van der Waals surface area contributed by atoms with Crippen LogP contribution in [0, 0.1) is 12.7 Å². The van der Waals surface area contributed by atoms with Crippen LogP contribution >= 0.6 is 23.4 Å². The van der Waals surface area contributed by atoms with Crippen LogP contribution in [0.25, 0.3) is 11.5 Å². The van der Waals surface area contributed by atoms with Gasteiger partial charge >= 0.3 is 0 Å². The Labute approximate surface area is 152 Å². The number of halogens is 2. The summed E-state index contributed by atoms with van der Waals surface area (Å²) in [5.41, 5.74) is 1.74. The predicted octanol–water partition coefficient (Wildman–Crippen LogP) is 4.57. The Kier molecular flexibility index (Phi) is 5.35. The van der Waals surface area contributed by atoms with E-state index < -0.39 is 5.82 Å². The minimum absolute atomic E-state index is 0.0234. The van der Waals surface area contributed by atoms with Gasteiger partial charge in [-0.15, -0.1) is 10.2 Å². The van der Waals surface area contributed by atoms with E-state index in [1.165, 1.54) is 6.07 Å². The first-order valence-electron chi connectivity index (χ1n) is 7.29. The smallest absolute Gasteiger partial charge is 0.277 e. The molecule has 1 N–H and O–H groups in total. The highest BCUT2D eigenvalue weighted by atomic mass is 35.5. The van der Waals surface area contributed by atoms with Crippen LogP contribution in [0.1, 0.15) is 5.56 Å². The molecule has 0 spiro atoms. The first-order chi connectivity index (χ1) is 12.0. The summed E-state index contributed by atoms with van der Waals surface area (Å²) in [5, 5.41) is 11.2. The van der Waals surface area contributed by atoms with Crippen LogP contribution in [-0.2, 0) is 4.79 Å². The summed E-state index contributed by atoms with van der Waals surface area (Å²) in [4.78, 5) is 12.0. The van der Waals surface area contributed by atoms with Crippen LogP contribution < -0.4 is 5.32 Å². The summed E-state index contributed by atoms with van der Waals surface area (Å²) >= 11 is 6.91. The number of benzene rings is 2. The van der Waals surface area contributed by atoms with Crippen molar-refractivity contribution in [1.82, 2.24) is 10.2 Å². The molecule has 1 aromatic heterocycles. The molecule has 0 unspecified atom stereocenters. The van der Waals surface area contributed by atoms with E-state index in [9.17, 15) is 9.18 Å². The van der Waals surface area contributed by atoms with Gasteiger partial charge in [-0.05, 0) is 48.9 Å². The molecule has 3 aromatic rings. The Morgan fingerprint density at radius 1 is 1.24 bits per heavy atom. The van der Waals surface area contributed by atoms with Crippen molar-refractivity contribution >= 4 is 35.0 Å². The average molecular weight is 378 g/mol. The third kappa shape index (κ3) is 4.58. The van der Waals surface area contributed by atoms with Crippen molar-refractivity contribution < 1.29 is 13.6 Å². The number of aromatic nitrogens is 2. The number of carbonyl (C=O) groups excluding carboxylic acids is 1. The van der Waals surface area contributed by atoms with Crippen LogP contribution in [-0.4, -0.2) is 21.9 Å². The standard InChI is InChI=1S/C17H13ClFN3O2S/c1-10-2-7-13(19)14(8-10)20-15(23)9-25-17-22-21-16(24-17)11-3-5-12(18)6-4-11/h2-8H,9H2,1H3,(H,20,23). The van der Waals surface area contributed by atoms with E-state index in [0.717, 1.165) is 22.9 Å². The fourth-order valence-electron chi connectivity index (χ4n) is 2.03. The molecular formula is C17H13ClFN3O2S. The number of hydrogen-bond acceptors (Lipinski definition) is 5. The van der Waals surface area contributed by atoms with Crippen molar-refractivity contribution in [3.8, 4) is 11.5 Å². The molecule has 1 amide bonds. The van der Waals surface area contributed by atoms with E-state index in [1.807, 2.05) is 6.92 Å². The van der Waals surface area contributed by atoms with E-state index in [-0.39, 0.29) is 22.6 Å². The second-order valence-electron chi connectivity index (χ2n) is 5.20. The zero-order chi connectivity index (χ0) is 17.8. The lowest BCUT2D eigenvalue weighted by atomic mass is 10.2. The topological polar surface area (TPSA) is 68.0 Å². The molecule has 0 bridgehead atoms. The monoisotopic (exact) mass is 377 g/mol. The lowest BCUT2D eigenvalue weighted by Crippen LogP contribution is -2.15. The van der Waals surface area contributed by atoms with Crippen molar-refractivity contribution in [3.05, 3.63) is 58.9 Å². The number of nitrogens with zero attached hydrogens (tertiary/aromatic N) is 2. The van der Waals surface area contributed by atoms with Gasteiger partial charge in [-0.1, -0.05) is 29.4 Å². The number of aryl methyl sites for hydroxylation is 1. The van der Waals surface area contributed by atoms with Gasteiger partial charge in [0.05, 0.1) is 11.4 Å². The Morgan fingerprint density at radius 3 is 2.76 bits per heavy atom. The molecule has 5 nitrogen and oxygen atoms in total. The Morgan fingerprint density at radius 2 is 2.00 bits per heavy atom. The number of rotatable bonds is 5. The predicted molar refractivity (Wildman–Crippen MR) is 95.2 cm³/mol. The second kappa shape index (κ2) is 7.67. The number of amides is 1. The summed E-state index contributed by atoms with van der Waals surface area (Å²) in [6, 6.07) is 11.5. The molecule has 25 heavy (non-hydrogen) atoms. The third-order valence-electron chi connectivity index (χ3n) is 3.22. The molecule has 0 saturated heterocycles. The van der Waals surface area contributed by atoms with Gasteiger partial charge in [-0.3, -0.25) is 4.79 Å². The van der Waals surface area contributed by atoms with Gasteiger partial charge in [0.1, 0.15) is 5.82 Å². The zero-order valence-corrected chi connectivity index (χ0v) is 14.7. The molecule has 128 valence electrons. The molecule has 0 aliphatic heterocycles. The van der Waals surface area contributed by atoms with E-state index >= 15 is 0 Å². The van der Waals surface area contributed by atoms with Crippen LogP contribution in [0.3, 0.4) is 0 Å². The van der Waals surface area contributed by atoms with Crippen LogP contribution in [0.4, 0.5) is 10.1 Å². The van der Waals surface area contributed by atoms with Crippen molar-refractivity contribution in [2.24, 2.45) is 0 Å². The molecule has 2 aromatic carbocycles. The van der Waals surface area contributed by atoms with Crippen molar-refractivity contribution in [3.63, 3.8) is 0 Å². The third-order valence-corrected chi connectivity index (χ3v) is 4.29. The molecule has 8 heteroatoms. The summed E-state index contributed by atoms with van der Waals surface area (Å²) in [6.45, 7) is 1.82. The summed E-state index contributed by atoms with van der Waals surface area (Å²) in [7, 11) is 0. The molecular weight excluding hydrogens is 365 g/mol. The van der Waals surface area contributed by atoms with Crippen LogP contribution in [0.15, 0.2) is 52.1 Å². The molecule has 0 radical (unpaired) electrons. The Bertz CT molecular complexity index is 899. The second-order valence-corrected chi connectivity index (χ2v) is 6.56. The summed E-state index contributed by atoms with van der Waals surface area (Å²) < 4.78 is 19.1. The highest BCUT2D eigenvalue weighted by Gasteiger charge is 2.12. The van der Waals surface area contributed by atoms with E-state index in [1.54, 1.807) is 36.4 Å². The molecule has 1 heterocycles. The van der Waals surface area contributed by atoms with E-state index in [0.29, 0.717) is 10.9 Å². The molecule has 0 fully saturated rings. The Hall–Kier alpha value is -2.38. The van der Waals surface area contributed by atoms with Crippen molar-refractivity contribution in [2.75, 3.05) is 11.1 Å². The minimum Gasteiger partial charge on any atom is -0.411 e. The van der Waals surface area contributed by atoms with Gasteiger partial charge in [0.15, 0.2) is 0 Å². The minimum atomic E-state index is -0.480. The van der Waals surface area contributed by atoms with E-state index in [4.69, 9.17) is 16.0 Å². The van der Waals surface area contributed by atoms with Gasteiger partial charge in [0.2, 0.25) is 11.8 Å².